The topological polar surface area (TPSA) is 62.5 Å². The first-order valence-electron chi connectivity index (χ1n) is 7.49. The van der Waals surface area contributed by atoms with Crippen molar-refractivity contribution in [1.82, 2.24) is 5.32 Å². The Morgan fingerprint density at radius 3 is 2.59 bits per heavy atom. The van der Waals surface area contributed by atoms with Gasteiger partial charge in [-0.05, 0) is 51.8 Å². The summed E-state index contributed by atoms with van der Waals surface area (Å²) < 4.78 is 5.41. The van der Waals surface area contributed by atoms with Crippen LogP contribution in [0.1, 0.15) is 51.1 Å². The highest BCUT2D eigenvalue weighted by Gasteiger charge is 2.15. The van der Waals surface area contributed by atoms with Crippen LogP contribution >= 0.6 is 0 Å². The lowest BCUT2D eigenvalue weighted by molar-refractivity contribution is 0.0942. The molecule has 0 saturated heterocycles. The molecule has 22 heavy (non-hydrogen) atoms. The molecule has 0 radical (unpaired) electrons. The van der Waals surface area contributed by atoms with E-state index in [0.717, 1.165) is 28.2 Å². The maximum Gasteiger partial charge on any atom is 0.251 e. The fourth-order valence-corrected chi connectivity index (χ4v) is 2.53. The van der Waals surface area contributed by atoms with Crippen LogP contribution in [0, 0.1) is 27.7 Å². The molecule has 0 aliphatic rings. The zero-order valence-electron chi connectivity index (χ0n) is 13.6. The zero-order chi connectivity index (χ0) is 16.3. The Morgan fingerprint density at radius 2 is 1.95 bits per heavy atom. The smallest absolute Gasteiger partial charge is 0.251 e. The predicted octanol–water partition coefficient (Wildman–Crippen LogP) is 3.37. The van der Waals surface area contributed by atoms with Crippen molar-refractivity contribution < 1.29 is 14.3 Å². The molecule has 4 heteroatoms. The van der Waals surface area contributed by atoms with Crippen molar-refractivity contribution in [3.05, 3.63) is 58.0 Å². The molecule has 1 aromatic heterocycles. The van der Waals surface area contributed by atoms with E-state index in [2.05, 4.69) is 5.32 Å². The second-order valence-electron chi connectivity index (χ2n) is 5.75. The molecule has 0 saturated carbocycles. The lowest BCUT2D eigenvalue weighted by atomic mass is 10.0. The van der Waals surface area contributed by atoms with Crippen LogP contribution in [0.5, 0.6) is 0 Å². The van der Waals surface area contributed by atoms with Crippen LogP contribution in [-0.2, 0) is 0 Å². The minimum Gasteiger partial charge on any atom is -0.466 e. The van der Waals surface area contributed by atoms with E-state index in [-0.39, 0.29) is 5.91 Å². The van der Waals surface area contributed by atoms with E-state index in [4.69, 9.17) is 4.42 Å². The first-order valence-corrected chi connectivity index (χ1v) is 7.49. The van der Waals surface area contributed by atoms with Crippen molar-refractivity contribution in [1.29, 1.82) is 0 Å². The van der Waals surface area contributed by atoms with Gasteiger partial charge in [-0.2, -0.15) is 0 Å². The number of aryl methyl sites for hydroxylation is 4. The highest BCUT2D eigenvalue weighted by Crippen LogP contribution is 2.23. The van der Waals surface area contributed by atoms with Gasteiger partial charge in [0.2, 0.25) is 0 Å². The molecular formula is C18H23NO3. The number of benzene rings is 1. The van der Waals surface area contributed by atoms with Crippen LogP contribution in [-0.4, -0.2) is 17.6 Å². The van der Waals surface area contributed by atoms with E-state index in [1.165, 1.54) is 0 Å². The molecule has 0 aliphatic heterocycles. The molecule has 1 aromatic carbocycles. The number of rotatable bonds is 5. The molecule has 2 rings (SSSR count). The molecule has 0 fully saturated rings. The van der Waals surface area contributed by atoms with Gasteiger partial charge in [-0.15, -0.1) is 0 Å². The summed E-state index contributed by atoms with van der Waals surface area (Å²) in [5.41, 5.74) is 3.48. The van der Waals surface area contributed by atoms with Crippen LogP contribution in [0.3, 0.4) is 0 Å². The molecule has 2 aromatic rings. The van der Waals surface area contributed by atoms with Gasteiger partial charge in [0.15, 0.2) is 0 Å². The van der Waals surface area contributed by atoms with Crippen LogP contribution in [0.15, 0.2) is 28.7 Å². The molecule has 0 bridgehead atoms. The van der Waals surface area contributed by atoms with Gasteiger partial charge in [0.25, 0.3) is 5.91 Å². The number of amides is 1. The lowest BCUT2D eigenvalue weighted by Gasteiger charge is -2.12. The maximum absolute atomic E-state index is 12.2. The number of furan rings is 1. The van der Waals surface area contributed by atoms with Crippen molar-refractivity contribution in [2.75, 3.05) is 6.54 Å². The number of hydrogen-bond donors (Lipinski definition) is 2. The third-order valence-electron chi connectivity index (χ3n) is 3.78. The molecule has 1 unspecified atom stereocenters. The fourth-order valence-electron chi connectivity index (χ4n) is 2.53. The summed E-state index contributed by atoms with van der Waals surface area (Å²) in [5, 5.41) is 13.0. The Bertz CT molecular complexity index is 673. The summed E-state index contributed by atoms with van der Waals surface area (Å²) in [7, 11) is 0. The van der Waals surface area contributed by atoms with E-state index < -0.39 is 6.10 Å². The average Bonchev–Trinajstić information content (AvgIpc) is 2.80. The average molecular weight is 301 g/mol. The highest BCUT2D eigenvalue weighted by molar-refractivity contribution is 5.95. The van der Waals surface area contributed by atoms with Crippen molar-refractivity contribution >= 4 is 5.91 Å². The summed E-state index contributed by atoms with van der Waals surface area (Å²) in [4.78, 5) is 12.2. The van der Waals surface area contributed by atoms with Crippen LogP contribution in [0.2, 0.25) is 0 Å². The minimum atomic E-state index is -0.628. The van der Waals surface area contributed by atoms with Crippen molar-refractivity contribution in [2.45, 2.75) is 40.2 Å². The molecule has 1 atom stereocenters. The lowest BCUT2D eigenvalue weighted by Crippen LogP contribution is -2.26. The van der Waals surface area contributed by atoms with Gasteiger partial charge in [-0.25, -0.2) is 0 Å². The summed E-state index contributed by atoms with van der Waals surface area (Å²) >= 11 is 0. The Hall–Kier alpha value is -2.07. The number of carbonyl (C=O) groups excluding carboxylic acids is 1. The van der Waals surface area contributed by atoms with Crippen LogP contribution < -0.4 is 5.32 Å². The Morgan fingerprint density at radius 1 is 1.23 bits per heavy atom. The second kappa shape index (κ2) is 6.79. The summed E-state index contributed by atoms with van der Waals surface area (Å²) in [6.07, 6.45) is -0.174. The van der Waals surface area contributed by atoms with E-state index in [0.29, 0.717) is 18.5 Å². The highest BCUT2D eigenvalue weighted by atomic mass is 16.3. The predicted molar refractivity (Wildman–Crippen MR) is 86.0 cm³/mol. The Labute approximate surface area is 131 Å². The summed E-state index contributed by atoms with van der Waals surface area (Å²) in [5.74, 6) is 1.41. The van der Waals surface area contributed by atoms with Gasteiger partial charge in [0, 0.05) is 17.7 Å². The van der Waals surface area contributed by atoms with E-state index in [9.17, 15) is 9.90 Å². The minimum absolute atomic E-state index is 0.103. The maximum atomic E-state index is 12.2. The van der Waals surface area contributed by atoms with Crippen LogP contribution in [0.4, 0.5) is 0 Å². The molecule has 1 heterocycles. The molecule has 0 spiro atoms. The molecule has 1 amide bonds. The van der Waals surface area contributed by atoms with Gasteiger partial charge in [0.05, 0.1) is 6.10 Å². The van der Waals surface area contributed by atoms with Gasteiger partial charge >= 0.3 is 0 Å². The van der Waals surface area contributed by atoms with Gasteiger partial charge in [0.1, 0.15) is 11.5 Å². The molecule has 0 aliphatic carbocycles. The number of carbonyl (C=O) groups is 1. The van der Waals surface area contributed by atoms with E-state index in [1.54, 1.807) is 0 Å². The third-order valence-corrected chi connectivity index (χ3v) is 3.78. The molecule has 4 nitrogen and oxygen atoms in total. The normalized spacial score (nSPS) is 12.2. The van der Waals surface area contributed by atoms with Crippen molar-refractivity contribution in [3.8, 4) is 0 Å². The standard InChI is InChI=1S/C18H23NO3/c1-11-5-6-12(2)15(9-11)18(21)19-8-7-17(20)16-10-13(3)22-14(16)4/h5-6,9-10,17,20H,7-8H2,1-4H3,(H,19,21). The third kappa shape index (κ3) is 3.77. The fraction of sp³-hybridized carbons (Fsp3) is 0.389. The molecule has 118 valence electrons. The second-order valence-corrected chi connectivity index (χ2v) is 5.75. The number of aliphatic hydroxyl groups excluding tert-OH is 1. The monoisotopic (exact) mass is 301 g/mol. The van der Waals surface area contributed by atoms with E-state index >= 15 is 0 Å². The summed E-state index contributed by atoms with van der Waals surface area (Å²) in [6, 6.07) is 7.65. The number of aliphatic hydroxyl groups is 1. The van der Waals surface area contributed by atoms with E-state index in [1.807, 2.05) is 52.0 Å². The first kappa shape index (κ1) is 16.3. The van der Waals surface area contributed by atoms with Gasteiger partial charge < -0.3 is 14.8 Å². The Kier molecular flexibility index (Phi) is 5.03. The van der Waals surface area contributed by atoms with Crippen molar-refractivity contribution in [2.24, 2.45) is 0 Å². The zero-order valence-corrected chi connectivity index (χ0v) is 13.6. The van der Waals surface area contributed by atoms with Gasteiger partial charge in [-0.3, -0.25) is 4.79 Å². The Balaban J connectivity index is 1.92. The molecule has 2 N–H and O–H groups in total. The van der Waals surface area contributed by atoms with Crippen LogP contribution in [0.25, 0.3) is 0 Å². The number of hydrogen-bond acceptors (Lipinski definition) is 3. The first-order chi connectivity index (χ1) is 10.4. The quantitative estimate of drug-likeness (QED) is 0.890. The SMILES string of the molecule is Cc1ccc(C)c(C(=O)NCCC(O)c2cc(C)oc2C)c1. The largest absolute Gasteiger partial charge is 0.466 e. The molecular weight excluding hydrogens is 278 g/mol. The van der Waals surface area contributed by atoms with Gasteiger partial charge in [-0.1, -0.05) is 17.7 Å². The summed E-state index contributed by atoms with van der Waals surface area (Å²) in [6.45, 7) is 7.98. The number of nitrogens with one attached hydrogen (secondary N) is 1. The van der Waals surface area contributed by atoms with Crippen molar-refractivity contribution in [3.63, 3.8) is 0 Å².